The number of carboxylic acid groups (broad SMARTS) is 1. The van der Waals surface area contributed by atoms with E-state index < -0.39 is 39.2 Å². The number of aliphatic carboxylic acids is 1. The third-order valence-corrected chi connectivity index (χ3v) is 4.63. The molecule has 2 rings (SSSR count). The minimum absolute atomic E-state index is 0.165. The van der Waals surface area contributed by atoms with Crippen LogP contribution in [0.4, 0.5) is 10.1 Å². The van der Waals surface area contributed by atoms with Gasteiger partial charge in [0, 0.05) is 0 Å². The number of amides is 1. The molecule has 0 aliphatic carbocycles. The number of hydrogen-bond donors (Lipinski definition) is 2. The van der Waals surface area contributed by atoms with Crippen LogP contribution in [-0.2, 0) is 19.4 Å². The van der Waals surface area contributed by atoms with E-state index >= 15 is 0 Å². The highest BCUT2D eigenvalue weighted by Crippen LogP contribution is 2.32. The standard InChI is InChI=1S/C10H8FNO5S/c11-5-1-2-7-6(3-5)12-10(15)8(4-9(13)14)18(7,16)17/h1-3,8H,4H2,(H,12,15)(H,13,14). The van der Waals surface area contributed by atoms with Gasteiger partial charge < -0.3 is 10.4 Å². The van der Waals surface area contributed by atoms with Crippen molar-refractivity contribution in [2.45, 2.75) is 16.6 Å². The van der Waals surface area contributed by atoms with E-state index in [9.17, 15) is 22.4 Å². The van der Waals surface area contributed by atoms with Gasteiger partial charge in [0.1, 0.15) is 5.82 Å². The molecule has 0 radical (unpaired) electrons. The second-order valence-corrected chi connectivity index (χ2v) is 5.86. The van der Waals surface area contributed by atoms with Crippen molar-refractivity contribution in [1.82, 2.24) is 0 Å². The van der Waals surface area contributed by atoms with Gasteiger partial charge in [-0.1, -0.05) is 0 Å². The van der Waals surface area contributed by atoms with Gasteiger partial charge in [0.05, 0.1) is 17.0 Å². The van der Waals surface area contributed by atoms with Crippen molar-refractivity contribution in [3.05, 3.63) is 24.0 Å². The van der Waals surface area contributed by atoms with E-state index in [-0.39, 0.29) is 10.6 Å². The Kier molecular flexibility index (Phi) is 2.81. The van der Waals surface area contributed by atoms with Gasteiger partial charge in [0.2, 0.25) is 5.91 Å². The van der Waals surface area contributed by atoms with Crippen LogP contribution in [0.25, 0.3) is 0 Å². The fraction of sp³-hybridized carbons (Fsp3) is 0.200. The van der Waals surface area contributed by atoms with Gasteiger partial charge in [0.25, 0.3) is 0 Å². The summed E-state index contributed by atoms with van der Waals surface area (Å²) in [6.07, 6.45) is -0.828. The summed E-state index contributed by atoms with van der Waals surface area (Å²) in [4.78, 5) is 21.8. The lowest BCUT2D eigenvalue weighted by molar-refractivity contribution is -0.138. The second-order valence-electron chi connectivity index (χ2n) is 3.76. The SMILES string of the molecule is O=C(O)CC1C(=O)Nc2cc(F)ccc2S1(=O)=O. The molecule has 6 nitrogen and oxygen atoms in total. The normalized spacial score (nSPS) is 20.9. The first-order valence-corrected chi connectivity index (χ1v) is 6.43. The van der Waals surface area contributed by atoms with E-state index in [1.54, 1.807) is 0 Å². The zero-order valence-corrected chi connectivity index (χ0v) is 9.70. The van der Waals surface area contributed by atoms with Crippen LogP contribution in [0.1, 0.15) is 6.42 Å². The largest absolute Gasteiger partial charge is 0.481 e. The van der Waals surface area contributed by atoms with E-state index in [1.807, 2.05) is 0 Å². The Morgan fingerprint density at radius 3 is 2.72 bits per heavy atom. The van der Waals surface area contributed by atoms with Gasteiger partial charge in [-0.05, 0) is 18.2 Å². The molecule has 2 N–H and O–H groups in total. The monoisotopic (exact) mass is 273 g/mol. The molecule has 1 heterocycles. The molecule has 18 heavy (non-hydrogen) atoms. The number of nitrogens with one attached hydrogen (secondary N) is 1. The van der Waals surface area contributed by atoms with Gasteiger partial charge in [-0.25, -0.2) is 12.8 Å². The molecule has 0 spiro atoms. The summed E-state index contributed by atoms with van der Waals surface area (Å²) >= 11 is 0. The van der Waals surface area contributed by atoms with Gasteiger partial charge in [-0.15, -0.1) is 0 Å². The maximum atomic E-state index is 12.9. The van der Waals surface area contributed by atoms with E-state index in [4.69, 9.17) is 5.11 Å². The van der Waals surface area contributed by atoms with Crippen molar-refractivity contribution in [2.24, 2.45) is 0 Å². The van der Waals surface area contributed by atoms with Crippen LogP contribution < -0.4 is 5.32 Å². The summed E-state index contributed by atoms with van der Waals surface area (Å²) in [5, 5.41) is 9.11. The van der Waals surface area contributed by atoms with Crippen LogP contribution in [0.5, 0.6) is 0 Å². The summed E-state index contributed by atoms with van der Waals surface area (Å²) in [6.45, 7) is 0. The fourth-order valence-electron chi connectivity index (χ4n) is 1.72. The molecule has 0 bridgehead atoms. The number of fused-ring (bicyclic) bond motifs is 1. The summed E-state index contributed by atoms with van der Waals surface area (Å²) in [5.41, 5.74) is -0.165. The lowest BCUT2D eigenvalue weighted by Crippen LogP contribution is -2.41. The second kappa shape index (κ2) is 4.05. The molecule has 96 valence electrons. The number of benzene rings is 1. The Morgan fingerprint density at radius 2 is 2.11 bits per heavy atom. The van der Waals surface area contributed by atoms with Gasteiger partial charge in [-0.3, -0.25) is 9.59 Å². The number of rotatable bonds is 2. The molecular weight excluding hydrogens is 265 g/mol. The van der Waals surface area contributed by atoms with E-state index in [1.165, 1.54) is 0 Å². The Balaban J connectivity index is 2.57. The van der Waals surface area contributed by atoms with Crippen molar-refractivity contribution >= 4 is 27.4 Å². The van der Waals surface area contributed by atoms with Crippen molar-refractivity contribution in [3.63, 3.8) is 0 Å². The quantitative estimate of drug-likeness (QED) is 0.759. The van der Waals surface area contributed by atoms with Gasteiger partial charge >= 0.3 is 5.97 Å². The third kappa shape index (κ3) is 1.94. The zero-order chi connectivity index (χ0) is 13.5. The van der Waals surface area contributed by atoms with Crippen LogP contribution in [0.3, 0.4) is 0 Å². The summed E-state index contributed by atoms with van der Waals surface area (Å²) in [5.74, 6) is -3.05. The number of sulfone groups is 1. The van der Waals surface area contributed by atoms with Crippen molar-refractivity contribution in [2.75, 3.05) is 5.32 Å². The first kappa shape index (κ1) is 12.5. The molecule has 0 saturated carbocycles. The Bertz CT molecular complexity index is 640. The van der Waals surface area contributed by atoms with Gasteiger partial charge in [-0.2, -0.15) is 0 Å². The highest BCUT2D eigenvalue weighted by atomic mass is 32.2. The Labute approximate surface area is 101 Å². The van der Waals surface area contributed by atoms with Crippen LogP contribution >= 0.6 is 0 Å². The molecule has 1 aliphatic rings. The predicted octanol–water partition coefficient (Wildman–Crippen LogP) is 0.395. The van der Waals surface area contributed by atoms with Crippen molar-refractivity contribution in [1.29, 1.82) is 0 Å². The fourth-order valence-corrected chi connectivity index (χ4v) is 3.40. The van der Waals surface area contributed by atoms with Crippen LogP contribution in [-0.4, -0.2) is 30.7 Å². The number of carboxylic acids is 1. The lowest BCUT2D eigenvalue weighted by atomic mass is 10.2. The summed E-state index contributed by atoms with van der Waals surface area (Å²) in [7, 11) is -4.10. The molecule has 1 aromatic carbocycles. The van der Waals surface area contributed by atoms with E-state index in [0.717, 1.165) is 18.2 Å². The lowest BCUT2D eigenvalue weighted by Gasteiger charge is -2.23. The minimum atomic E-state index is -4.10. The van der Waals surface area contributed by atoms with Crippen LogP contribution in [0.15, 0.2) is 23.1 Å². The third-order valence-electron chi connectivity index (χ3n) is 2.53. The molecule has 0 saturated heterocycles. The van der Waals surface area contributed by atoms with Crippen LogP contribution in [0.2, 0.25) is 0 Å². The highest BCUT2D eigenvalue weighted by Gasteiger charge is 2.41. The average Bonchev–Trinajstić information content (AvgIpc) is 2.23. The first-order chi connectivity index (χ1) is 8.32. The highest BCUT2D eigenvalue weighted by molar-refractivity contribution is 7.93. The maximum Gasteiger partial charge on any atom is 0.305 e. The molecule has 8 heteroatoms. The Morgan fingerprint density at radius 1 is 1.44 bits per heavy atom. The molecule has 1 atom stereocenters. The smallest absolute Gasteiger partial charge is 0.305 e. The zero-order valence-electron chi connectivity index (χ0n) is 8.88. The summed E-state index contributed by atoms with van der Waals surface area (Å²) in [6, 6.07) is 2.82. The molecular formula is C10H8FNO5S. The predicted molar refractivity (Wildman–Crippen MR) is 58.3 cm³/mol. The molecule has 1 aromatic rings. The topological polar surface area (TPSA) is 101 Å². The summed E-state index contributed by atoms with van der Waals surface area (Å²) < 4.78 is 37.0. The van der Waals surface area contributed by atoms with Crippen molar-refractivity contribution < 1.29 is 27.5 Å². The van der Waals surface area contributed by atoms with E-state index in [0.29, 0.717) is 0 Å². The molecule has 1 amide bonds. The average molecular weight is 273 g/mol. The Hall–Kier alpha value is -1.96. The molecule has 0 fully saturated rings. The molecule has 1 aliphatic heterocycles. The molecule has 1 unspecified atom stereocenters. The maximum absolute atomic E-state index is 12.9. The number of halogens is 1. The minimum Gasteiger partial charge on any atom is -0.481 e. The van der Waals surface area contributed by atoms with Crippen LogP contribution in [0, 0.1) is 5.82 Å². The first-order valence-electron chi connectivity index (χ1n) is 4.88. The number of carbonyl (C=O) groups is 2. The van der Waals surface area contributed by atoms with Crippen molar-refractivity contribution in [3.8, 4) is 0 Å². The number of anilines is 1. The van der Waals surface area contributed by atoms with Gasteiger partial charge in [0.15, 0.2) is 15.1 Å². The molecule has 0 aromatic heterocycles. The number of hydrogen-bond acceptors (Lipinski definition) is 4. The number of carbonyl (C=O) groups excluding carboxylic acids is 1. The van der Waals surface area contributed by atoms with E-state index in [2.05, 4.69) is 5.32 Å².